The standard InChI is InChI=1S/C18H14Cl2O3/c1-3-22-12-5-7-16-14(9-12)10(2)17(18(21)23-16)13-6-4-11(19)8-15(13)20/h4-9H,3H2,1-2H3. The van der Waals surface area contributed by atoms with Crippen LogP contribution in [0.15, 0.2) is 45.6 Å². The second-order valence-corrected chi connectivity index (χ2v) is 5.95. The molecule has 0 fully saturated rings. The Bertz CT molecular complexity index is 945. The monoisotopic (exact) mass is 348 g/mol. The molecule has 0 unspecified atom stereocenters. The maximum Gasteiger partial charge on any atom is 0.344 e. The van der Waals surface area contributed by atoms with E-state index in [1.807, 2.05) is 19.9 Å². The van der Waals surface area contributed by atoms with Crippen LogP contribution in [0.4, 0.5) is 0 Å². The number of aryl methyl sites for hydroxylation is 1. The predicted octanol–water partition coefficient (Wildman–Crippen LogP) is 5.47. The van der Waals surface area contributed by atoms with Crippen molar-refractivity contribution in [3.8, 4) is 16.9 Å². The highest BCUT2D eigenvalue weighted by atomic mass is 35.5. The van der Waals surface area contributed by atoms with Crippen LogP contribution in [0.1, 0.15) is 12.5 Å². The molecule has 0 N–H and O–H groups in total. The molecular weight excluding hydrogens is 335 g/mol. The van der Waals surface area contributed by atoms with Crippen molar-refractivity contribution < 1.29 is 9.15 Å². The zero-order chi connectivity index (χ0) is 16.6. The number of halogens is 2. The summed E-state index contributed by atoms with van der Waals surface area (Å²) < 4.78 is 11.0. The largest absolute Gasteiger partial charge is 0.494 e. The van der Waals surface area contributed by atoms with E-state index in [4.69, 9.17) is 32.4 Å². The van der Waals surface area contributed by atoms with E-state index in [1.165, 1.54) is 0 Å². The van der Waals surface area contributed by atoms with Crippen LogP contribution in [0.25, 0.3) is 22.1 Å². The van der Waals surface area contributed by atoms with Gasteiger partial charge in [-0.15, -0.1) is 0 Å². The van der Waals surface area contributed by atoms with Crippen molar-refractivity contribution in [3.05, 3.63) is 62.4 Å². The summed E-state index contributed by atoms with van der Waals surface area (Å²) in [6.45, 7) is 4.35. The molecule has 0 amide bonds. The SMILES string of the molecule is CCOc1ccc2oc(=O)c(-c3ccc(Cl)cc3Cl)c(C)c2c1. The summed E-state index contributed by atoms with van der Waals surface area (Å²) in [5, 5.41) is 1.74. The third-order valence-electron chi connectivity index (χ3n) is 3.65. The van der Waals surface area contributed by atoms with E-state index in [0.29, 0.717) is 33.4 Å². The minimum atomic E-state index is -0.427. The molecule has 0 radical (unpaired) electrons. The molecule has 0 aliphatic carbocycles. The third-order valence-corrected chi connectivity index (χ3v) is 4.20. The van der Waals surface area contributed by atoms with E-state index >= 15 is 0 Å². The van der Waals surface area contributed by atoms with Gasteiger partial charge in [-0.2, -0.15) is 0 Å². The summed E-state index contributed by atoms with van der Waals surface area (Å²) >= 11 is 12.2. The third kappa shape index (κ3) is 2.94. The van der Waals surface area contributed by atoms with Gasteiger partial charge >= 0.3 is 5.63 Å². The fourth-order valence-electron chi connectivity index (χ4n) is 2.59. The van der Waals surface area contributed by atoms with Gasteiger partial charge in [0.25, 0.3) is 0 Å². The van der Waals surface area contributed by atoms with Crippen molar-refractivity contribution in [2.24, 2.45) is 0 Å². The maximum atomic E-state index is 12.4. The molecule has 3 rings (SSSR count). The van der Waals surface area contributed by atoms with Crippen molar-refractivity contribution >= 4 is 34.2 Å². The smallest absolute Gasteiger partial charge is 0.344 e. The predicted molar refractivity (Wildman–Crippen MR) is 93.8 cm³/mol. The Morgan fingerprint density at radius 3 is 2.61 bits per heavy atom. The first-order valence-electron chi connectivity index (χ1n) is 7.17. The lowest BCUT2D eigenvalue weighted by molar-refractivity contribution is 0.340. The van der Waals surface area contributed by atoms with Crippen molar-refractivity contribution in [2.75, 3.05) is 6.61 Å². The lowest BCUT2D eigenvalue weighted by atomic mass is 9.99. The van der Waals surface area contributed by atoms with Gasteiger partial charge in [-0.3, -0.25) is 0 Å². The van der Waals surface area contributed by atoms with Crippen LogP contribution in [0, 0.1) is 6.92 Å². The lowest BCUT2D eigenvalue weighted by Crippen LogP contribution is -2.06. The molecule has 5 heteroatoms. The first kappa shape index (κ1) is 15.9. The second-order valence-electron chi connectivity index (χ2n) is 5.10. The van der Waals surface area contributed by atoms with E-state index in [2.05, 4.69) is 0 Å². The highest BCUT2D eigenvalue weighted by molar-refractivity contribution is 6.36. The number of hydrogen-bond acceptors (Lipinski definition) is 3. The van der Waals surface area contributed by atoms with Crippen LogP contribution in [-0.2, 0) is 0 Å². The minimum absolute atomic E-state index is 0.410. The number of rotatable bonds is 3. The number of fused-ring (bicyclic) bond motifs is 1. The zero-order valence-electron chi connectivity index (χ0n) is 12.7. The van der Waals surface area contributed by atoms with Crippen molar-refractivity contribution in [3.63, 3.8) is 0 Å². The summed E-state index contributed by atoms with van der Waals surface area (Å²) in [4.78, 5) is 12.4. The summed E-state index contributed by atoms with van der Waals surface area (Å²) in [5.41, 5.74) is 1.93. The van der Waals surface area contributed by atoms with Gasteiger partial charge in [0.15, 0.2) is 0 Å². The van der Waals surface area contributed by atoms with E-state index in [-0.39, 0.29) is 0 Å². The number of benzene rings is 2. The Morgan fingerprint density at radius 2 is 1.91 bits per heavy atom. The van der Waals surface area contributed by atoms with Gasteiger partial charge in [0, 0.05) is 16.0 Å². The van der Waals surface area contributed by atoms with E-state index in [1.54, 1.807) is 30.3 Å². The fourth-order valence-corrected chi connectivity index (χ4v) is 3.09. The quantitative estimate of drug-likeness (QED) is 0.588. The molecule has 0 saturated heterocycles. The van der Waals surface area contributed by atoms with Gasteiger partial charge < -0.3 is 9.15 Å². The number of ether oxygens (including phenoxy) is 1. The van der Waals surface area contributed by atoms with Gasteiger partial charge in [0.1, 0.15) is 11.3 Å². The first-order chi connectivity index (χ1) is 11.0. The molecule has 3 aromatic rings. The molecule has 0 aliphatic rings. The first-order valence-corrected chi connectivity index (χ1v) is 7.92. The van der Waals surface area contributed by atoms with Gasteiger partial charge in [-0.05, 0) is 49.7 Å². The summed E-state index contributed by atoms with van der Waals surface area (Å²) in [6.07, 6.45) is 0. The van der Waals surface area contributed by atoms with E-state index in [0.717, 1.165) is 16.7 Å². The Labute approximate surface area is 143 Å². The molecule has 1 aromatic heterocycles. The fraction of sp³-hybridized carbons (Fsp3) is 0.167. The lowest BCUT2D eigenvalue weighted by Gasteiger charge is -2.11. The van der Waals surface area contributed by atoms with E-state index in [9.17, 15) is 4.79 Å². The average molecular weight is 349 g/mol. The Kier molecular flexibility index (Phi) is 4.33. The molecule has 1 heterocycles. The van der Waals surface area contributed by atoms with Crippen LogP contribution in [0.3, 0.4) is 0 Å². The second kappa shape index (κ2) is 6.26. The van der Waals surface area contributed by atoms with Crippen molar-refractivity contribution in [2.45, 2.75) is 13.8 Å². The van der Waals surface area contributed by atoms with Gasteiger partial charge in [-0.25, -0.2) is 4.79 Å². The van der Waals surface area contributed by atoms with Crippen LogP contribution in [0.2, 0.25) is 10.0 Å². The summed E-state index contributed by atoms with van der Waals surface area (Å²) in [6, 6.07) is 10.4. The van der Waals surface area contributed by atoms with Crippen LogP contribution >= 0.6 is 23.2 Å². The van der Waals surface area contributed by atoms with Gasteiger partial charge in [0.05, 0.1) is 17.2 Å². The Hall–Kier alpha value is -1.97. The summed E-state index contributed by atoms with van der Waals surface area (Å²) in [7, 11) is 0. The van der Waals surface area contributed by atoms with Crippen LogP contribution < -0.4 is 10.4 Å². The highest BCUT2D eigenvalue weighted by Gasteiger charge is 2.16. The molecule has 0 aliphatic heterocycles. The molecule has 0 atom stereocenters. The normalized spacial score (nSPS) is 11.0. The zero-order valence-corrected chi connectivity index (χ0v) is 14.2. The van der Waals surface area contributed by atoms with Crippen molar-refractivity contribution in [1.29, 1.82) is 0 Å². The molecule has 23 heavy (non-hydrogen) atoms. The van der Waals surface area contributed by atoms with Crippen LogP contribution in [0.5, 0.6) is 5.75 Å². The molecular formula is C18H14Cl2O3. The molecule has 0 spiro atoms. The van der Waals surface area contributed by atoms with E-state index < -0.39 is 5.63 Å². The van der Waals surface area contributed by atoms with Crippen LogP contribution in [-0.4, -0.2) is 6.61 Å². The Balaban J connectivity index is 2.30. The number of hydrogen-bond donors (Lipinski definition) is 0. The van der Waals surface area contributed by atoms with Gasteiger partial charge in [0.2, 0.25) is 0 Å². The molecule has 3 nitrogen and oxygen atoms in total. The topological polar surface area (TPSA) is 39.4 Å². The van der Waals surface area contributed by atoms with Crippen molar-refractivity contribution in [1.82, 2.24) is 0 Å². The molecule has 0 bridgehead atoms. The molecule has 2 aromatic carbocycles. The average Bonchev–Trinajstić information content (AvgIpc) is 2.50. The highest BCUT2D eigenvalue weighted by Crippen LogP contribution is 2.34. The van der Waals surface area contributed by atoms with Gasteiger partial charge in [-0.1, -0.05) is 29.3 Å². The summed E-state index contributed by atoms with van der Waals surface area (Å²) in [5.74, 6) is 0.727. The molecule has 118 valence electrons. The minimum Gasteiger partial charge on any atom is -0.494 e. The maximum absolute atomic E-state index is 12.4. The molecule has 0 saturated carbocycles. The Morgan fingerprint density at radius 1 is 1.13 bits per heavy atom.